The lowest BCUT2D eigenvalue weighted by molar-refractivity contribution is -0.130. The molecule has 0 aliphatic carbocycles. The first-order valence-corrected chi connectivity index (χ1v) is 8.40. The van der Waals surface area contributed by atoms with Crippen molar-refractivity contribution in [2.45, 2.75) is 12.8 Å². The molecule has 0 radical (unpaired) electrons. The van der Waals surface area contributed by atoms with E-state index in [2.05, 4.69) is 20.2 Å². The van der Waals surface area contributed by atoms with E-state index >= 15 is 0 Å². The smallest absolute Gasteiger partial charge is 0.230 e. The van der Waals surface area contributed by atoms with Gasteiger partial charge in [-0.05, 0) is 23.8 Å². The largest absolute Gasteiger partial charge is 0.368 e. The number of carbonyl (C=O) groups is 2. The Morgan fingerprint density at radius 1 is 1.08 bits per heavy atom. The maximum absolute atomic E-state index is 12.5. The minimum absolute atomic E-state index is 0.0129. The van der Waals surface area contributed by atoms with Crippen LogP contribution in [0.5, 0.6) is 0 Å². The fourth-order valence-corrected chi connectivity index (χ4v) is 3.38. The normalized spacial score (nSPS) is 16.6. The van der Waals surface area contributed by atoms with Crippen molar-refractivity contribution < 1.29 is 9.59 Å². The van der Waals surface area contributed by atoms with Crippen molar-refractivity contribution in [2.75, 3.05) is 36.4 Å². The highest BCUT2D eigenvalue weighted by Gasteiger charge is 2.27. The van der Waals surface area contributed by atoms with Crippen molar-refractivity contribution in [3.8, 4) is 0 Å². The second kappa shape index (κ2) is 6.51. The summed E-state index contributed by atoms with van der Waals surface area (Å²) in [4.78, 5) is 36.4. The van der Waals surface area contributed by atoms with Crippen molar-refractivity contribution in [3.63, 3.8) is 0 Å². The summed E-state index contributed by atoms with van der Waals surface area (Å²) >= 11 is 0. The zero-order chi connectivity index (χ0) is 17.2. The topological polar surface area (TPSA) is 78.4 Å². The fraction of sp³-hybridized carbons (Fsp3) is 0.333. The van der Waals surface area contributed by atoms with Gasteiger partial charge in [0.2, 0.25) is 11.8 Å². The van der Waals surface area contributed by atoms with Crippen LogP contribution in [0.3, 0.4) is 0 Å². The zero-order valence-corrected chi connectivity index (χ0v) is 13.8. The Hall–Kier alpha value is -2.96. The lowest BCUT2D eigenvalue weighted by Gasteiger charge is -2.36. The van der Waals surface area contributed by atoms with E-state index in [0.29, 0.717) is 31.7 Å². The molecule has 2 aliphatic heterocycles. The summed E-state index contributed by atoms with van der Waals surface area (Å²) in [5.74, 6) is 0.794. The molecule has 1 saturated heterocycles. The van der Waals surface area contributed by atoms with Crippen molar-refractivity contribution in [2.24, 2.45) is 0 Å². The monoisotopic (exact) mass is 337 g/mol. The number of amides is 2. The van der Waals surface area contributed by atoms with E-state index in [0.717, 1.165) is 29.9 Å². The number of carbonyl (C=O) groups excluding carboxylic acids is 2. The fourth-order valence-electron chi connectivity index (χ4n) is 3.38. The molecule has 1 fully saturated rings. The van der Waals surface area contributed by atoms with E-state index in [-0.39, 0.29) is 11.8 Å². The first-order valence-electron chi connectivity index (χ1n) is 8.40. The number of piperazine rings is 1. The van der Waals surface area contributed by atoms with Gasteiger partial charge in [0.25, 0.3) is 0 Å². The van der Waals surface area contributed by atoms with Crippen LogP contribution in [0.25, 0.3) is 0 Å². The Labute approximate surface area is 145 Å². The first-order chi connectivity index (χ1) is 12.2. The van der Waals surface area contributed by atoms with Crippen molar-refractivity contribution in [3.05, 3.63) is 47.9 Å². The Morgan fingerprint density at radius 3 is 2.60 bits per heavy atom. The Morgan fingerprint density at radius 2 is 1.84 bits per heavy atom. The number of hydrogen-bond donors (Lipinski definition) is 1. The number of nitrogens with one attached hydrogen (secondary N) is 1. The Kier molecular flexibility index (Phi) is 4.05. The van der Waals surface area contributed by atoms with Crippen LogP contribution in [-0.4, -0.2) is 52.9 Å². The highest BCUT2D eigenvalue weighted by atomic mass is 16.2. The molecule has 2 amide bonds. The minimum atomic E-state index is -0.0129. The first kappa shape index (κ1) is 15.6. The second-order valence-electron chi connectivity index (χ2n) is 6.28. The molecular weight excluding hydrogens is 318 g/mol. The van der Waals surface area contributed by atoms with E-state index < -0.39 is 0 Å². The van der Waals surface area contributed by atoms with Crippen molar-refractivity contribution in [1.29, 1.82) is 0 Å². The number of aromatic nitrogens is 2. The molecule has 0 bridgehead atoms. The molecule has 0 saturated carbocycles. The van der Waals surface area contributed by atoms with E-state index in [1.54, 1.807) is 18.6 Å². The molecule has 1 N–H and O–H groups in total. The molecule has 2 aromatic heterocycles. The molecular formula is C18H19N5O2. The van der Waals surface area contributed by atoms with Crippen LogP contribution in [0.2, 0.25) is 0 Å². The molecule has 7 heteroatoms. The third kappa shape index (κ3) is 3.17. The SMILES string of the molecule is O=C1Cc2c(N3CCN(C(=O)Cc4ccncc4)CC3)ccnc2N1. The third-order valence-electron chi connectivity index (χ3n) is 4.70. The van der Waals surface area contributed by atoms with Crippen LogP contribution in [0.15, 0.2) is 36.8 Å². The molecule has 128 valence electrons. The predicted molar refractivity (Wildman–Crippen MR) is 93.3 cm³/mol. The maximum Gasteiger partial charge on any atom is 0.230 e. The van der Waals surface area contributed by atoms with Gasteiger partial charge < -0.3 is 15.1 Å². The van der Waals surface area contributed by atoms with Crippen LogP contribution in [0.4, 0.5) is 11.5 Å². The summed E-state index contributed by atoms with van der Waals surface area (Å²) in [5.41, 5.74) is 2.99. The van der Waals surface area contributed by atoms with Gasteiger partial charge in [0.1, 0.15) is 5.82 Å². The van der Waals surface area contributed by atoms with Gasteiger partial charge in [-0.1, -0.05) is 0 Å². The number of rotatable bonds is 3. The highest BCUT2D eigenvalue weighted by molar-refractivity contribution is 6.00. The number of anilines is 2. The number of pyridine rings is 2. The van der Waals surface area contributed by atoms with Gasteiger partial charge in [-0.2, -0.15) is 0 Å². The second-order valence-corrected chi connectivity index (χ2v) is 6.28. The quantitative estimate of drug-likeness (QED) is 0.899. The summed E-state index contributed by atoms with van der Waals surface area (Å²) in [6, 6.07) is 5.70. The summed E-state index contributed by atoms with van der Waals surface area (Å²) in [5, 5.41) is 2.78. The van der Waals surface area contributed by atoms with Gasteiger partial charge in [-0.15, -0.1) is 0 Å². The number of hydrogen-bond acceptors (Lipinski definition) is 5. The zero-order valence-electron chi connectivity index (χ0n) is 13.8. The molecule has 2 aliphatic rings. The summed E-state index contributed by atoms with van der Waals surface area (Å²) in [7, 11) is 0. The highest BCUT2D eigenvalue weighted by Crippen LogP contribution is 2.31. The molecule has 7 nitrogen and oxygen atoms in total. The van der Waals surface area contributed by atoms with Crippen LogP contribution < -0.4 is 10.2 Å². The van der Waals surface area contributed by atoms with Crippen LogP contribution in [0, 0.1) is 0 Å². The lowest BCUT2D eigenvalue weighted by Crippen LogP contribution is -2.49. The average molecular weight is 337 g/mol. The molecule has 4 heterocycles. The minimum Gasteiger partial charge on any atom is -0.368 e. The lowest BCUT2D eigenvalue weighted by atomic mass is 10.1. The number of fused-ring (bicyclic) bond motifs is 1. The van der Waals surface area contributed by atoms with Crippen LogP contribution in [0.1, 0.15) is 11.1 Å². The molecule has 0 spiro atoms. The average Bonchev–Trinajstić information content (AvgIpc) is 3.03. The molecule has 0 atom stereocenters. The van der Waals surface area contributed by atoms with Gasteiger partial charge in [0.05, 0.1) is 12.8 Å². The van der Waals surface area contributed by atoms with Crippen molar-refractivity contribution in [1.82, 2.24) is 14.9 Å². The number of nitrogens with zero attached hydrogens (tertiary/aromatic N) is 4. The summed E-state index contributed by atoms with van der Waals surface area (Å²) < 4.78 is 0. The van der Waals surface area contributed by atoms with Gasteiger partial charge in [0.15, 0.2) is 0 Å². The standard InChI is InChI=1S/C18H19N5O2/c24-16-12-14-15(3-6-20-18(14)21-16)22-7-9-23(10-8-22)17(25)11-13-1-4-19-5-2-13/h1-6H,7-12H2,(H,20,21,24). The maximum atomic E-state index is 12.5. The van der Waals surface area contributed by atoms with Gasteiger partial charge in [-0.3, -0.25) is 14.6 Å². The van der Waals surface area contributed by atoms with Crippen LogP contribution >= 0.6 is 0 Å². The van der Waals surface area contributed by atoms with E-state index in [9.17, 15) is 9.59 Å². The van der Waals surface area contributed by atoms with Crippen molar-refractivity contribution >= 4 is 23.3 Å². The van der Waals surface area contributed by atoms with Gasteiger partial charge >= 0.3 is 0 Å². The van der Waals surface area contributed by atoms with E-state index in [1.165, 1.54) is 0 Å². The molecule has 2 aromatic rings. The molecule has 25 heavy (non-hydrogen) atoms. The molecule has 0 aromatic carbocycles. The summed E-state index contributed by atoms with van der Waals surface area (Å²) in [6.45, 7) is 2.88. The van der Waals surface area contributed by atoms with Gasteiger partial charge in [-0.25, -0.2) is 4.98 Å². The van der Waals surface area contributed by atoms with Crippen LogP contribution in [-0.2, 0) is 22.4 Å². The van der Waals surface area contributed by atoms with Gasteiger partial charge in [0, 0.05) is 56.0 Å². The Balaban J connectivity index is 1.40. The predicted octanol–water partition coefficient (Wildman–Crippen LogP) is 0.862. The Bertz CT molecular complexity index is 800. The van der Waals surface area contributed by atoms with E-state index in [1.807, 2.05) is 23.1 Å². The molecule has 4 rings (SSSR count). The van der Waals surface area contributed by atoms with E-state index in [4.69, 9.17) is 0 Å². The third-order valence-corrected chi connectivity index (χ3v) is 4.70. The summed E-state index contributed by atoms with van der Waals surface area (Å²) in [6.07, 6.45) is 5.92. The molecule has 0 unspecified atom stereocenters.